The average Bonchev–Trinajstić information content (AvgIpc) is 2.82. The van der Waals surface area contributed by atoms with E-state index in [1.807, 2.05) is 0 Å². The number of carbonyl (C=O) groups excluding carboxylic acids is 3. The van der Waals surface area contributed by atoms with E-state index < -0.39 is 17.8 Å². The van der Waals surface area contributed by atoms with Crippen LogP contribution < -0.4 is 5.73 Å². The first-order valence-corrected chi connectivity index (χ1v) is 5.66. The molecule has 9 heteroatoms. The molecular formula is C11H16N4O5. The third-order valence-corrected chi connectivity index (χ3v) is 2.41. The van der Waals surface area contributed by atoms with Crippen LogP contribution in [-0.2, 0) is 30.4 Å². The highest BCUT2D eigenvalue weighted by Gasteiger charge is 2.21. The molecule has 110 valence electrons. The second-order valence-electron chi connectivity index (χ2n) is 3.84. The fourth-order valence-electron chi connectivity index (χ4n) is 1.38. The minimum absolute atomic E-state index is 0.148. The number of ether oxygens (including phenoxy) is 2. The van der Waals surface area contributed by atoms with Gasteiger partial charge in [-0.15, -0.1) is 0 Å². The van der Waals surface area contributed by atoms with Gasteiger partial charge < -0.3 is 20.1 Å². The summed E-state index contributed by atoms with van der Waals surface area (Å²) in [6.45, 7) is -0.840. The van der Waals surface area contributed by atoms with Gasteiger partial charge in [0.2, 0.25) is 5.91 Å². The Labute approximate surface area is 115 Å². The summed E-state index contributed by atoms with van der Waals surface area (Å²) >= 11 is 0. The largest absolute Gasteiger partial charge is 0.468 e. The molecule has 1 aromatic heterocycles. The molecule has 0 spiro atoms. The van der Waals surface area contributed by atoms with Crippen molar-refractivity contribution in [3.8, 4) is 0 Å². The summed E-state index contributed by atoms with van der Waals surface area (Å²) in [5, 5.41) is 3.85. The summed E-state index contributed by atoms with van der Waals surface area (Å²) in [5.41, 5.74) is 5.43. The number of aromatic nitrogens is 2. The van der Waals surface area contributed by atoms with Gasteiger partial charge in [0, 0.05) is 6.20 Å². The second-order valence-corrected chi connectivity index (χ2v) is 3.84. The molecule has 0 aromatic carbocycles. The third kappa shape index (κ3) is 4.59. The van der Waals surface area contributed by atoms with Gasteiger partial charge in [0.25, 0.3) is 0 Å². The van der Waals surface area contributed by atoms with Crippen LogP contribution in [0.15, 0.2) is 12.3 Å². The van der Waals surface area contributed by atoms with Crippen molar-refractivity contribution in [3.05, 3.63) is 12.3 Å². The molecule has 9 nitrogen and oxygen atoms in total. The van der Waals surface area contributed by atoms with Gasteiger partial charge in [0.1, 0.15) is 25.5 Å². The highest BCUT2D eigenvalue weighted by Crippen LogP contribution is 1.99. The van der Waals surface area contributed by atoms with Crippen LogP contribution in [0.5, 0.6) is 0 Å². The smallest absolute Gasteiger partial charge is 0.325 e. The number of nitrogen functional groups attached to an aromatic ring is 1. The number of nitrogens with two attached hydrogens (primary N) is 1. The van der Waals surface area contributed by atoms with Gasteiger partial charge in [-0.3, -0.25) is 19.1 Å². The van der Waals surface area contributed by atoms with E-state index in [9.17, 15) is 14.4 Å². The predicted molar refractivity (Wildman–Crippen MR) is 67.3 cm³/mol. The fourth-order valence-corrected chi connectivity index (χ4v) is 1.38. The molecule has 0 saturated carbocycles. The van der Waals surface area contributed by atoms with Crippen molar-refractivity contribution in [2.75, 3.05) is 33.0 Å². The topological polar surface area (TPSA) is 117 Å². The summed E-state index contributed by atoms with van der Waals surface area (Å²) in [4.78, 5) is 35.5. The van der Waals surface area contributed by atoms with Crippen LogP contribution in [0.1, 0.15) is 0 Å². The van der Waals surface area contributed by atoms with E-state index in [-0.39, 0.29) is 25.5 Å². The molecular weight excluding hydrogens is 268 g/mol. The number of amides is 1. The van der Waals surface area contributed by atoms with Crippen LogP contribution in [0.3, 0.4) is 0 Å². The summed E-state index contributed by atoms with van der Waals surface area (Å²) in [5.74, 6) is -1.49. The minimum Gasteiger partial charge on any atom is -0.468 e. The van der Waals surface area contributed by atoms with E-state index in [0.29, 0.717) is 0 Å². The zero-order valence-corrected chi connectivity index (χ0v) is 11.2. The molecule has 1 aromatic rings. The molecule has 1 amide bonds. The molecule has 0 fully saturated rings. The summed E-state index contributed by atoms with van der Waals surface area (Å²) in [6, 6.07) is 1.53. The lowest BCUT2D eigenvalue weighted by atomic mass is 10.4. The Morgan fingerprint density at radius 1 is 1.25 bits per heavy atom. The van der Waals surface area contributed by atoms with Crippen molar-refractivity contribution in [2.45, 2.75) is 6.54 Å². The molecule has 1 heterocycles. The van der Waals surface area contributed by atoms with Gasteiger partial charge in [0.15, 0.2) is 0 Å². The van der Waals surface area contributed by atoms with Crippen LogP contribution >= 0.6 is 0 Å². The number of rotatable bonds is 6. The SMILES string of the molecule is COC(=O)CN(CC(=O)OC)C(=O)Cn1ccc(N)n1. The van der Waals surface area contributed by atoms with Crippen molar-refractivity contribution >= 4 is 23.7 Å². The van der Waals surface area contributed by atoms with Crippen molar-refractivity contribution in [1.29, 1.82) is 0 Å². The van der Waals surface area contributed by atoms with Gasteiger partial charge in [-0.25, -0.2) is 0 Å². The molecule has 1 rings (SSSR count). The van der Waals surface area contributed by atoms with E-state index >= 15 is 0 Å². The number of nitrogens with zero attached hydrogens (tertiary/aromatic N) is 3. The van der Waals surface area contributed by atoms with E-state index in [1.54, 1.807) is 0 Å². The van der Waals surface area contributed by atoms with Crippen LogP contribution in [0.2, 0.25) is 0 Å². The predicted octanol–water partition coefficient (Wildman–Crippen LogP) is -1.36. The monoisotopic (exact) mass is 284 g/mol. The number of esters is 2. The van der Waals surface area contributed by atoms with Crippen LogP contribution in [0.25, 0.3) is 0 Å². The lowest BCUT2D eigenvalue weighted by molar-refractivity contribution is -0.152. The number of anilines is 1. The van der Waals surface area contributed by atoms with Crippen molar-refractivity contribution in [3.63, 3.8) is 0 Å². The van der Waals surface area contributed by atoms with E-state index in [2.05, 4.69) is 14.6 Å². The maximum atomic E-state index is 12.0. The van der Waals surface area contributed by atoms with Gasteiger partial charge in [-0.05, 0) is 6.07 Å². The molecule has 0 unspecified atom stereocenters. The third-order valence-electron chi connectivity index (χ3n) is 2.41. The van der Waals surface area contributed by atoms with Crippen molar-refractivity contribution in [1.82, 2.24) is 14.7 Å². The number of carbonyl (C=O) groups is 3. The maximum absolute atomic E-state index is 12.0. The Bertz CT molecular complexity index is 481. The average molecular weight is 284 g/mol. The molecule has 0 aliphatic rings. The lowest BCUT2D eigenvalue weighted by Gasteiger charge is -2.19. The summed E-state index contributed by atoms with van der Waals surface area (Å²) in [6.07, 6.45) is 1.52. The number of hydrogen-bond donors (Lipinski definition) is 1. The molecule has 0 bridgehead atoms. The van der Waals surface area contributed by atoms with Crippen LogP contribution in [-0.4, -0.2) is 59.8 Å². The second kappa shape index (κ2) is 7.12. The molecule has 0 aliphatic heterocycles. The highest BCUT2D eigenvalue weighted by molar-refractivity contribution is 5.85. The van der Waals surface area contributed by atoms with E-state index in [4.69, 9.17) is 5.73 Å². The zero-order valence-electron chi connectivity index (χ0n) is 11.2. The first kappa shape index (κ1) is 15.5. The Balaban J connectivity index is 2.72. The van der Waals surface area contributed by atoms with Gasteiger partial charge in [0.05, 0.1) is 14.2 Å². The summed E-state index contributed by atoms with van der Waals surface area (Å²) in [7, 11) is 2.38. The lowest BCUT2D eigenvalue weighted by Crippen LogP contribution is -2.41. The Morgan fingerprint density at radius 3 is 2.20 bits per heavy atom. The van der Waals surface area contributed by atoms with Gasteiger partial charge >= 0.3 is 11.9 Å². The standard InChI is InChI=1S/C11H16N4O5/c1-19-10(17)6-14(7-11(18)20-2)9(16)5-15-4-3-8(12)13-15/h3-4H,5-7H2,1-2H3,(H2,12,13). The van der Waals surface area contributed by atoms with Crippen molar-refractivity contribution in [2.24, 2.45) is 0 Å². The molecule has 0 atom stereocenters. The van der Waals surface area contributed by atoms with E-state index in [1.165, 1.54) is 31.2 Å². The zero-order chi connectivity index (χ0) is 15.1. The first-order chi connectivity index (χ1) is 9.46. The van der Waals surface area contributed by atoms with Crippen molar-refractivity contribution < 1.29 is 23.9 Å². The molecule has 0 saturated heterocycles. The Hall–Kier alpha value is -2.58. The molecule has 2 N–H and O–H groups in total. The maximum Gasteiger partial charge on any atom is 0.325 e. The fraction of sp³-hybridized carbons (Fsp3) is 0.455. The Kier molecular flexibility index (Phi) is 5.51. The summed E-state index contributed by atoms with van der Waals surface area (Å²) < 4.78 is 10.3. The molecule has 20 heavy (non-hydrogen) atoms. The number of hydrogen-bond acceptors (Lipinski definition) is 7. The van der Waals surface area contributed by atoms with Gasteiger partial charge in [-0.1, -0.05) is 0 Å². The normalized spacial score (nSPS) is 9.90. The van der Waals surface area contributed by atoms with Crippen LogP contribution in [0, 0.1) is 0 Å². The van der Waals surface area contributed by atoms with E-state index in [0.717, 1.165) is 4.90 Å². The Morgan fingerprint density at radius 2 is 1.80 bits per heavy atom. The van der Waals surface area contributed by atoms with Crippen LogP contribution in [0.4, 0.5) is 5.82 Å². The molecule has 0 aliphatic carbocycles. The number of methoxy groups -OCH3 is 2. The van der Waals surface area contributed by atoms with Gasteiger partial charge in [-0.2, -0.15) is 5.10 Å². The minimum atomic E-state index is -0.637. The molecule has 0 radical (unpaired) electrons. The quantitative estimate of drug-likeness (QED) is 0.641. The highest BCUT2D eigenvalue weighted by atomic mass is 16.5. The first-order valence-electron chi connectivity index (χ1n) is 5.66.